The highest BCUT2D eigenvalue weighted by Crippen LogP contribution is 2.46. The predicted molar refractivity (Wildman–Crippen MR) is 574 cm³/mol. The number of hydrogen-bond donors (Lipinski definition) is 7. The Hall–Kier alpha value is -17.8. The molecule has 2 aliphatic carbocycles. The van der Waals surface area contributed by atoms with E-state index in [-0.39, 0.29) is 91.8 Å². The monoisotopic (exact) mass is 1910 g/mol. The van der Waals surface area contributed by atoms with Gasteiger partial charge in [0.2, 0.25) is 5.91 Å². The average molecular weight is 1920 g/mol. The number of imide groups is 1. The molecule has 18 aromatic rings. The number of benzene rings is 15. The van der Waals surface area contributed by atoms with E-state index in [0.717, 1.165) is 67.8 Å². The Balaban J connectivity index is 0.000000138. The van der Waals surface area contributed by atoms with Crippen molar-refractivity contribution in [3.63, 3.8) is 0 Å². The van der Waals surface area contributed by atoms with Crippen molar-refractivity contribution in [3.8, 4) is 29.0 Å². The Morgan fingerprint density at radius 2 is 0.903 bits per heavy atom. The number of phenols is 1. The molecule has 2 aliphatic heterocycles. The molecule has 0 saturated carbocycles. The van der Waals surface area contributed by atoms with Crippen molar-refractivity contribution in [2.75, 3.05) is 0 Å². The topological polar surface area (TPSA) is 407 Å². The highest BCUT2D eigenvalue weighted by atomic mass is 16.6. The van der Waals surface area contributed by atoms with Gasteiger partial charge in [0.1, 0.15) is 17.5 Å². The van der Waals surface area contributed by atoms with Crippen LogP contribution < -0.4 is 32.5 Å². The second-order valence-corrected chi connectivity index (χ2v) is 37.9. The van der Waals surface area contributed by atoms with Gasteiger partial charge >= 0.3 is 0 Å². The Labute approximate surface area is 827 Å². The third-order valence-corrected chi connectivity index (χ3v) is 23.0. The summed E-state index contributed by atoms with van der Waals surface area (Å²) in [5.41, 5.74) is 12.8. The van der Waals surface area contributed by atoms with Crippen LogP contribution in [0.15, 0.2) is 329 Å². The van der Waals surface area contributed by atoms with Gasteiger partial charge in [-0.3, -0.25) is 68.2 Å². The number of aromatic nitrogens is 4. The molecule has 0 radical (unpaired) electrons. The molecular weight excluding hydrogens is 1810 g/mol. The first-order valence-electron chi connectivity index (χ1n) is 47.3. The minimum Gasteiger partial charge on any atom is -0.506 e. The van der Waals surface area contributed by atoms with Crippen LogP contribution >= 0.6 is 0 Å². The summed E-state index contributed by atoms with van der Waals surface area (Å²) in [7, 11) is 0. The van der Waals surface area contributed by atoms with E-state index in [1.807, 2.05) is 152 Å². The first kappa shape index (κ1) is 102. The van der Waals surface area contributed by atoms with E-state index >= 15 is 0 Å². The fourth-order valence-electron chi connectivity index (χ4n) is 16.9. The lowest BCUT2D eigenvalue weighted by Gasteiger charge is -2.19. The molecule has 0 unspecified atom stereocenters. The summed E-state index contributed by atoms with van der Waals surface area (Å²) in [5.74, 6) is 0.513. The number of para-hydroxylation sites is 1. The number of phenolic OH excluding ortho intramolecular Hbond substituents is 1. The molecule has 4 aliphatic rings. The van der Waals surface area contributed by atoms with Crippen molar-refractivity contribution in [3.05, 3.63) is 402 Å². The standard InChI is InChI=1S/C28H14N2O4.C21H13NO2.C20H16N2O4.C18H12N2O2.C16H11N3O3.4C4H10/c31-25-13-5-1-3-7-15(13)27(33)21-17(25)9-11-19-23(21)29-20-12-10-18-22(24(20)30-19)28(34)16-8-4-2-6-14(16)26(18)32;23-20-14-6-2-1-5-12(14)9-13-10-17-19(11-16(13)20)22-18-8-4-3-7-15(18)21(17)24;1-10(2)19(25)15(9-21)13-7-14(12-6-4-3-5-11(12)13)18-16(23)8-17(24)22-20(18)26;21-17-13-14(16(20-17)12-9-5-2-6-10-12)18(22)19-15(13)11-7-3-1-4-8-11;20-15-10-5-11-3-1-2-4-14(11)16(15)18-17-12-6-8-13(9-7-12)19(21)22;4*1-4(2)3/h1-12,29-30H;1-8,10-11H,9H2,(H,22,24);3-6,10H,7-8H2,1-2H3,(H,22,24,26);1-10,19,22H;1-10,20H;4*4H,1-3H3/b;;15-13-,18-14-;;;;;;. The van der Waals surface area contributed by atoms with Gasteiger partial charge in [-0.25, -0.2) is 4.99 Å². The number of nitriles is 1. The third kappa shape index (κ3) is 22.1. The lowest BCUT2D eigenvalue weighted by molar-refractivity contribution is -0.384. The number of H-pyrrole nitrogens is 4. The molecule has 3 amide bonds. The summed E-state index contributed by atoms with van der Waals surface area (Å²) < 4.78 is 0. The normalized spacial score (nSPS) is 13.6. The molecule has 22 rings (SSSR count). The van der Waals surface area contributed by atoms with Gasteiger partial charge in [-0.2, -0.15) is 10.4 Å². The molecular formula is C119H106N10O15. The number of aromatic hydroxyl groups is 2. The van der Waals surface area contributed by atoms with Crippen LogP contribution in [0.25, 0.3) is 120 Å². The van der Waals surface area contributed by atoms with Crippen molar-refractivity contribution >= 4 is 167 Å². The predicted octanol–water partition coefficient (Wildman–Crippen LogP) is 24.8. The number of ketones is 3. The molecule has 25 nitrogen and oxygen atoms in total. The van der Waals surface area contributed by atoms with Crippen molar-refractivity contribution in [1.82, 2.24) is 25.3 Å². The number of amides is 3. The third-order valence-electron chi connectivity index (χ3n) is 23.0. The summed E-state index contributed by atoms with van der Waals surface area (Å²) in [6.07, 6.45) is 0.421. The maximum absolute atomic E-state index is 13.4. The molecule has 0 spiro atoms. The van der Waals surface area contributed by atoms with E-state index in [2.05, 4.69) is 124 Å². The lowest BCUT2D eigenvalue weighted by atomic mass is 9.84. The van der Waals surface area contributed by atoms with Gasteiger partial charge in [0, 0.05) is 95.2 Å². The first-order chi connectivity index (χ1) is 68.9. The van der Waals surface area contributed by atoms with Gasteiger partial charge in [-0.05, 0) is 141 Å². The number of fused-ring (bicyclic) bond motifs is 15. The van der Waals surface area contributed by atoms with E-state index in [1.165, 1.54) is 24.3 Å². The summed E-state index contributed by atoms with van der Waals surface area (Å²) >= 11 is 0. The number of non-ortho nitro benzene ring substituents is 1. The van der Waals surface area contributed by atoms with E-state index in [1.54, 1.807) is 123 Å². The van der Waals surface area contributed by atoms with Gasteiger partial charge < -0.3 is 30.1 Å². The Bertz CT molecular complexity index is 8460. The molecule has 15 aromatic carbocycles. The second kappa shape index (κ2) is 44.6. The van der Waals surface area contributed by atoms with Gasteiger partial charge in [0.05, 0.1) is 89.1 Å². The fourth-order valence-corrected chi connectivity index (χ4v) is 16.9. The number of nitro groups is 1. The van der Waals surface area contributed by atoms with Crippen molar-refractivity contribution in [2.45, 2.75) is 116 Å². The lowest BCUT2D eigenvalue weighted by Crippen LogP contribution is -2.41. The van der Waals surface area contributed by atoms with Crippen LogP contribution in [-0.2, 0) is 25.6 Å². The Morgan fingerprint density at radius 3 is 1.44 bits per heavy atom. The number of hydrogen-bond acceptors (Lipinski definition) is 18. The summed E-state index contributed by atoms with van der Waals surface area (Å²) in [4.78, 5) is 166. The zero-order valence-electron chi connectivity index (χ0n) is 82.0. The zero-order chi connectivity index (χ0) is 103. The Morgan fingerprint density at radius 1 is 0.424 bits per heavy atom. The first-order valence-corrected chi connectivity index (χ1v) is 47.3. The number of rotatable bonds is 7. The maximum Gasteiger partial charge on any atom is 0.280 e. The van der Waals surface area contributed by atoms with Gasteiger partial charge in [0.15, 0.2) is 50.4 Å². The number of piperidine rings is 1. The van der Waals surface area contributed by atoms with Crippen LogP contribution in [0.4, 0.5) is 17.1 Å². The summed E-state index contributed by atoms with van der Waals surface area (Å²) in [5, 5.41) is 56.4. The van der Waals surface area contributed by atoms with E-state index in [9.17, 15) is 78.3 Å². The number of azo groups is 1. The van der Waals surface area contributed by atoms with Crippen LogP contribution in [0.2, 0.25) is 0 Å². The smallest absolute Gasteiger partial charge is 0.280 e. The van der Waals surface area contributed by atoms with Crippen LogP contribution in [0, 0.1) is 51.0 Å². The molecule has 3 aromatic heterocycles. The molecule has 25 heteroatoms. The number of aliphatic imine (C=N–C) groups is 1. The summed E-state index contributed by atoms with van der Waals surface area (Å²) in [6, 6.07) is 83.6. The van der Waals surface area contributed by atoms with E-state index in [0.29, 0.717) is 150 Å². The molecule has 7 N–H and O–H groups in total. The highest BCUT2D eigenvalue weighted by Gasteiger charge is 2.38. The molecule has 0 atom stereocenters. The van der Waals surface area contributed by atoms with Gasteiger partial charge in [-0.15, -0.1) is 5.11 Å². The van der Waals surface area contributed by atoms with Crippen molar-refractivity contribution < 1.29 is 43.9 Å². The van der Waals surface area contributed by atoms with E-state index in [4.69, 9.17) is 0 Å². The fraction of sp³-hybridized carbons (Fsp3) is 0.185. The average Bonchev–Trinajstić information content (AvgIpc) is 0.992. The second-order valence-electron chi connectivity index (χ2n) is 37.9. The van der Waals surface area contributed by atoms with Gasteiger partial charge in [-0.1, -0.05) is 297 Å². The molecule has 722 valence electrons. The number of nitrogens with one attached hydrogen (secondary N) is 5. The highest BCUT2D eigenvalue weighted by molar-refractivity contribution is 6.35. The van der Waals surface area contributed by atoms with Crippen LogP contribution in [-0.4, -0.2) is 75.9 Å². The summed E-state index contributed by atoms with van der Waals surface area (Å²) in [6.45, 7) is 29.4. The minimum atomic E-state index is -0.731. The number of aromatic amines is 4. The molecule has 1 fully saturated rings. The molecule has 144 heavy (non-hydrogen) atoms. The number of nitro benzene ring substituents is 1. The molecule has 5 heterocycles. The zero-order valence-corrected chi connectivity index (χ0v) is 82.0. The Kier molecular flexibility index (Phi) is 31.6. The van der Waals surface area contributed by atoms with Crippen LogP contribution in [0.3, 0.4) is 0 Å². The molecule has 1 saturated heterocycles. The number of Topliss-reactive ketones (excluding diaryl/α,β-unsaturated/α-hetero) is 2. The van der Waals surface area contributed by atoms with E-state index < -0.39 is 22.5 Å². The van der Waals surface area contributed by atoms with Crippen molar-refractivity contribution in [2.24, 2.45) is 44.8 Å². The number of pyridine rings is 1. The van der Waals surface area contributed by atoms with Crippen molar-refractivity contribution in [1.29, 1.82) is 5.26 Å². The van der Waals surface area contributed by atoms with Crippen LogP contribution in [0.5, 0.6) is 11.6 Å². The maximum atomic E-state index is 13.4. The number of nitrogens with zero attached hydrogens (tertiary/aromatic N) is 5. The number of allylic oxidation sites excluding steroid dienone is 3. The van der Waals surface area contributed by atoms with Crippen LogP contribution in [0.1, 0.15) is 169 Å². The number of carbonyl (C=O) groups is 6. The quantitative estimate of drug-likeness (QED) is 0.00744. The van der Waals surface area contributed by atoms with Gasteiger partial charge in [0.25, 0.3) is 17.5 Å². The molecule has 0 bridgehead atoms. The number of carbonyl (C=O) groups excluding carboxylic acids is 6. The minimum absolute atomic E-state index is 0.00745. The largest absolute Gasteiger partial charge is 0.506 e. The SMILES string of the molecule is CC(C)C.CC(C)C.CC(C)C.CC(C)C.CC(C)C(=O)/C(C#N)=C1/C/C(=C2\C(=O)CC(=O)NC2=O)c2ccccc21.O=C1N=C(c2ccccc2)c2c(O)[nH]c(-c3ccccc3)c21.O=C1c2ccccc2Cc2cc3c(=O)c4ccccc4[nH]c3cc21.O=[N+]([O-])c1ccc(N=Nc2c(O)ccc3ccccc23)cc1.O=c1c2ccccc2c(=O)c2c1ccc1[nH]c3c(ccc4c(=O)c5ccccc5c(=O)c43)[nH]c12.